The largest absolute Gasteiger partial charge is 0.542 e. The van der Waals surface area contributed by atoms with Gasteiger partial charge in [-0.3, -0.25) is 0 Å². The Balaban J connectivity index is 3.85. The van der Waals surface area contributed by atoms with Crippen LogP contribution in [0.3, 0.4) is 0 Å². The van der Waals surface area contributed by atoms with Crippen molar-refractivity contribution < 1.29 is 24.3 Å². The highest BCUT2D eigenvalue weighted by molar-refractivity contribution is 5.58. The Morgan fingerprint density at radius 2 is 1.60 bits per heavy atom. The van der Waals surface area contributed by atoms with Crippen molar-refractivity contribution >= 4 is 6.16 Å². The third kappa shape index (κ3) is 12.2. The lowest BCUT2D eigenvalue weighted by atomic mass is 9.97. The monoisotopic (exact) mass is 290 g/mol. The summed E-state index contributed by atoms with van der Waals surface area (Å²) in [6.07, 6.45) is 5.89. The van der Waals surface area contributed by atoms with Crippen LogP contribution in [0, 0.1) is 5.92 Å². The Morgan fingerprint density at radius 3 is 2.05 bits per heavy atom. The molecule has 5 heteroatoms. The van der Waals surface area contributed by atoms with Gasteiger partial charge < -0.3 is 4.74 Å². The molecule has 0 rings (SSSR count). The highest BCUT2D eigenvalue weighted by Gasteiger charge is 2.16. The van der Waals surface area contributed by atoms with Gasteiger partial charge in [0, 0.05) is 0 Å². The summed E-state index contributed by atoms with van der Waals surface area (Å²) in [5.74, 6) is 0.394. The summed E-state index contributed by atoms with van der Waals surface area (Å²) in [4.78, 5) is 20.5. The molecule has 0 aliphatic rings. The minimum atomic E-state index is -0.854. The van der Waals surface area contributed by atoms with Gasteiger partial charge in [0.1, 0.15) is 0 Å². The molecular weight excluding hydrogens is 260 g/mol. The molecule has 0 fully saturated rings. The lowest BCUT2D eigenvalue weighted by Gasteiger charge is -2.17. The van der Waals surface area contributed by atoms with E-state index in [1.807, 2.05) is 0 Å². The molecule has 120 valence electrons. The number of rotatable bonds is 10. The quantitative estimate of drug-likeness (QED) is 0.329. The summed E-state index contributed by atoms with van der Waals surface area (Å²) in [5, 5.41) is 4.38. The summed E-state index contributed by atoms with van der Waals surface area (Å²) in [5.41, 5.74) is -0.537. The van der Waals surface area contributed by atoms with Gasteiger partial charge >= 0.3 is 6.16 Å². The molecule has 0 heterocycles. The minimum Gasteiger partial charge on any atom is -0.432 e. The Bertz CT molecular complexity index is 239. The Hall–Kier alpha value is -0.810. The lowest BCUT2D eigenvalue weighted by molar-refractivity contribution is -0.514. The first-order valence-corrected chi connectivity index (χ1v) is 7.58. The van der Waals surface area contributed by atoms with Crippen LogP contribution in [-0.2, 0) is 19.6 Å². The van der Waals surface area contributed by atoms with E-state index in [1.54, 1.807) is 20.8 Å². The summed E-state index contributed by atoms with van der Waals surface area (Å²) < 4.78 is 5.05. The molecule has 0 aliphatic heterocycles. The molecule has 0 amide bonds. The molecule has 0 aromatic rings. The number of hydrogen-bond acceptors (Lipinski definition) is 5. The topological polar surface area (TPSA) is 54.0 Å². The highest BCUT2D eigenvalue weighted by atomic mass is 17.5. The summed E-state index contributed by atoms with van der Waals surface area (Å²) in [6.45, 7) is 10.0. The Morgan fingerprint density at radius 1 is 1.05 bits per heavy atom. The van der Waals surface area contributed by atoms with Crippen molar-refractivity contribution in [3.8, 4) is 0 Å². The molecule has 0 N–H and O–H groups in total. The van der Waals surface area contributed by atoms with Crippen molar-refractivity contribution in [3.05, 3.63) is 0 Å². The van der Waals surface area contributed by atoms with Crippen LogP contribution in [0.5, 0.6) is 0 Å². The third-order valence-corrected chi connectivity index (χ3v) is 2.75. The van der Waals surface area contributed by atoms with Gasteiger partial charge in [0.2, 0.25) is 0 Å². The van der Waals surface area contributed by atoms with Gasteiger partial charge in [-0.25, -0.2) is 9.68 Å². The maximum absolute atomic E-state index is 11.3. The fourth-order valence-electron chi connectivity index (χ4n) is 1.65. The third-order valence-electron chi connectivity index (χ3n) is 2.75. The molecule has 0 aromatic carbocycles. The van der Waals surface area contributed by atoms with Gasteiger partial charge in [-0.05, 0) is 44.6 Å². The average molecular weight is 290 g/mol. The number of carbonyl (C=O) groups excluding carboxylic acids is 1. The minimum absolute atomic E-state index is 0.373. The first kappa shape index (κ1) is 19.2. The molecule has 0 saturated carbocycles. The van der Waals surface area contributed by atoms with Crippen molar-refractivity contribution in [1.29, 1.82) is 0 Å². The maximum atomic E-state index is 11.3. The predicted molar refractivity (Wildman–Crippen MR) is 76.9 cm³/mol. The number of carbonyl (C=O) groups is 1. The number of hydrogen-bond donors (Lipinski definition) is 0. The molecule has 0 saturated heterocycles. The zero-order chi connectivity index (χ0) is 15.4. The van der Waals surface area contributed by atoms with E-state index < -0.39 is 11.8 Å². The molecule has 5 nitrogen and oxygen atoms in total. The van der Waals surface area contributed by atoms with E-state index in [2.05, 4.69) is 23.8 Å². The van der Waals surface area contributed by atoms with Crippen molar-refractivity contribution in [2.24, 2.45) is 5.92 Å². The van der Waals surface area contributed by atoms with E-state index in [4.69, 9.17) is 9.62 Å². The summed E-state index contributed by atoms with van der Waals surface area (Å²) in [7, 11) is 0. The van der Waals surface area contributed by atoms with E-state index in [0.29, 0.717) is 12.5 Å². The number of ether oxygens (including phenoxy) is 1. The molecule has 0 unspecified atom stereocenters. The fourth-order valence-corrected chi connectivity index (χ4v) is 1.65. The molecule has 0 radical (unpaired) electrons. The second-order valence-electron chi connectivity index (χ2n) is 6.06. The van der Waals surface area contributed by atoms with Crippen molar-refractivity contribution in [1.82, 2.24) is 0 Å². The van der Waals surface area contributed by atoms with Crippen molar-refractivity contribution in [2.45, 2.75) is 78.7 Å². The van der Waals surface area contributed by atoms with Crippen LogP contribution in [0.1, 0.15) is 73.1 Å². The van der Waals surface area contributed by atoms with Crippen molar-refractivity contribution in [3.63, 3.8) is 0 Å². The van der Waals surface area contributed by atoms with Gasteiger partial charge in [0.25, 0.3) is 0 Å². The zero-order valence-electron chi connectivity index (χ0n) is 13.6. The van der Waals surface area contributed by atoms with E-state index in [0.717, 1.165) is 38.5 Å². The van der Waals surface area contributed by atoms with Crippen LogP contribution >= 0.6 is 0 Å². The van der Waals surface area contributed by atoms with E-state index in [9.17, 15) is 4.79 Å². The van der Waals surface area contributed by atoms with Gasteiger partial charge in [-0.1, -0.05) is 39.5 Å². The van der Waals surface area contributed by atoms with E-state index in [1.165, 1.54) is 0 Å². The molecule has 0 spiro atoms. The Kier molecular flexibility index (Phi) is 10.5. The van der Waals surface area contributed by atoms with E-state index >= 15 is 0 Å². The van der Waals surface area contributed by atoms with E-state index in [-0.39, 0.29) is 0 Å². The maximum Gasteiger partial charge on any atom is 0.542 e. The lowest BCUT2D eigenvalue weighted by Crippen LogP contribution is -2.22. The van der Waals surface area contributed by atoms with Crippen LogP contribution in [-0.4, -0.2) is 18.4 Å². The normalized spacial score (nSPS) is 11.7. The van der Waals surface area contributed by atoms with Gasteiger partial charge in [0.05, 0.1) is 12.2 Å². The number of unbranched alkanes of at least 4 members (excludes halogenated alkanes) is 2. The molecule has 0 aromatic heterocycles. The van der Waals surface area contributed by atoms with Crippen LogP contribution in [0.4, 0.5) is 4.79 Å². The molecular formula is C15H30O5. The highest BCUT2D eigenvalue weighted by Crippen LogP contribution is 2.17. The van der Waals surface area contributed by atoms with Gasteiger partial charge in [-0.2, -0.15) is 4.89 Å². The van der Waals surface area contributed by atoms with Crippen LogP contribution in [0.25, 0.3) is 0 Å². The molecule has 0 bridgehead atoms. The Labute approximate surface area is 122 Å². The summed E-state index contributed by atoms with van der Waals surface area (Å²) in [6, 6.07) is 0. The second kappa shape index (κ2) is 10.9. The predicted octanol–water partition coefficient (Wildman–Crippen LogP) is 4.80. The molecule has 0 aliphatic carbocycles. The first-order chi connectivity index (χ1) is 9.39. The fraction of sp³-hybridized carbons (Fsp3) is 0.933. The SMILES string of the molecule is CCCCC(CCCC)COC(=O)OOOC(C)(C)C. The first-order valence-electron chi connectivity index (χ1n) is 7.58. The molecule has 20 heavy (non-hydrogen) atoms. The molecule has 0 atom stereocenters. The van der Waals surface area contributed by atoms with Crippen LogP contribution in [0.2, 0.25) is 0 Å². The van der Waals surface area contributed by atoms with Gasteiger partial charge in [-0.15, -0.1) is 0 Å². The standard InChI is InChI=1S/C15H30O5/c1-6-8-10-13(11-9-7-2)12-17-14(16)18-20-19-15(3,4)5/h13H,6-12H2,1-5H3. The van der Waals surface area contributed by atoms with Crippen LogP contribution < -0.4 is 0 Å². The van der Waals surface area contributed by atoms with Crippen LogP contribution in [0.15, 0.2) is 0 Å². The average Bonchev–Trinajstić information content (AvgIpc) is 2.36. The van der Waals surface area contributed by atoms with Crippen molar-refractivity contribution in [2.75, 3.05) is 6.61 Å². The smallest absolute Gasteiger partial charge is 0.432 e. The second-order valence-corrected chi connectivity index (χ2v) is 6.06. The summed E-state index contributed by atoms with van der Waals surface area (Å²) >= 11 is 0. The zero-order valence-corrected chi connectivity index (χ0v) is 13.6. The van der Waals surface area contributed by atoms with Gasteiger partial charge in [0.15, 0.2) is 0 Å².